The lowest BCUT2D eigenvalue weighted by molar-refractivity contribution is -0.119. The maximum Gasteiger partial charge on any atom is 0.319 e. The Morgan fingerprint density at radius 3 is 2.20 bits per heavy atom. The minimum atomic E-state index is -0.812. The Bertz CT molecular complexity index is 1170. The molecule has 0 spiro atoms. The lowest BCUT2D eigenvalue weighted by atomic mass is 10.1. The molecule has 1 aliphatic rings. The highest BCUT2D eigenvalue weighted by atomic mass is 35.5. The molecule has 1 fully saturated rings. The van der Waals surface area contributed by atoms with E-state index in [0.717, 1.165) is 24.1 Å². The fourth-order valence-electron chi connectivity index (χ4n) is 3.95. The van der Waals surface area contributed by atoms with E-state index in [4.69, 9.17) is 11.6 Å². The predicted molar refractivity (Wildman–Crippen MR) is 139 cm³/mol. The smallest absolute Gasteiger partial charge is 0.319 e. The second-order valence-electron chi connectivity index (χ2n) is 8.39. The summed E-state index contributed by atoms with van der Waals surface area (Å²) in [7, 11) is 0. The molecule has 0 unspecified atom stereocenters. The van der Waals surface area contributed by atoms with E-state index in [-0.39, 0.29) is 11.8 Å². The van der Waals surface area contributed by atoms with Crippen LogP contribution in [-0.4, -0.2) is 30.4 Å². The van der Waals surface area contributed by atoms with E-state index in [9.17, 15) is 14.4 Å². The van der Waals surface area contributed by atoms with Crippen LogP contribution >= 0.6 is 11.6 Å². The molecule has 0 radical (unpaired) electrons. The molecular formula is C27H27ClN4O3. The summed E-state index contributed by atoms with van der Waals surface area (Å²) >= 11 is 5.90. The van der Waals surface area contributed by atoms with Gasteiger partial charge in [0, 0.05) is 41.5 Å². The Labute approximate surface area is 209 Å². The van der Waals surface area contributed by atoms with Gasteiger partial charge in [0.25, 0.3) is 0 Å². The minimum Gasteiger partial charge on any atom is -0.326 e. The molecule has 35 heavy (non-hydrogen) atoms. The van der Waals surface area contributed by atoms with Gasteiger partial charge in [0.2, 0.25) is 11.8 Å². The first kappa shape index (κ1) is 24.3. The van der Waals surface area contributed by atoms with Crippen molar-refractivity contribution in [2.75, 3.05) is 22.1 Å². The van der Waals surface area contributed by atoms with Gasteiger partial charge in [-0.3, -0.25) is 9.59 Å². The van der Waals surface area contributed by atoms with Crippen LogP contribution in [-0.2, 0) is 16.0 Å². The van der Waals surface area contributed by atoms with Crippen LogP contribution in [0.25, 0.3) is 0 Å². The van der Waals surface area contributed by atoms with Gasteiger partial charge in [0.05, 0.1) is 0 Å². The zero-order valence-electron chi connectivity index (χ0n) is 19.2. The number of nitrogens with zero attached hydrogens (tertiary/aromatic N) is 1. The number of nitrogens with one attached hydrogen (secondary N) is 3. The number of halogens is 1. The summed E-state index contributed by atoms with van der Waals surface area (Å²) in [5.74, 6) is -0.228. The third kappa shape index (κ3) is 6.83. The lowest BCUT2D eigenvalue weighted by Crippen LogP contribution is -2.46. The molecule has 0 bridgehead atoms. The first-order valence-corrected chi connectivity index (χ1v) is 11.9. The Morgan fingerprint density at radius 1 is 0.857 bits per heavy atom. The molecule has 0 aliphatic carbocycles. The SMILES string of the molecule is O=C(Nc1ccc(Cl)cc1)N[C@H](Cc1ccccc1)C(=O)Nc1ccc(N2CCCCC2=O)cc1. The number of piperidine rings is 1. The van der Waals surface area contributed by atoms with Gasteiger partial charge in [0.1, 0.15) is 6.04 Å². The van der Waals surface area contributed by atoms with Crippen LogP contribution in [0.4, 0.5) is 21.9 Å². The number of benzene rings is 3. The van der Waals surface area contributed by atoms with Gasteiger partial charge in [-0.1, -0.05) is 41.9 Å². The standard InChI is InChI=1S/C27H27ClN4O3/c28-20-9-11-22(12-10-20)30-27(35)31-24(18-19-6-2-1-3-7-19)26(34)29-21-13-15-23(16-14-21)32-17-5-4-8-25(32)33/h1-3,6-7,9-16,24H,4-5,8,17-18H2,(H,29,34)(H2,30,31,35)/t24-/m1/s1. The Kier molecular flexibility index (Phi) is 8.00. The number of urea groups is 1. The predicted octanol–water partition coefficient (Wildman–Crippen LogP) is 5.23. The molecule has 4 rings (SSSR count). The van der Waals surface area contributed by atoms with Crippen LogP contribution in [0, 0.1) is 0 Å². The van der Waals surface area contributed by atoms with Gasteiger partial charge in [-0.05, 0) is 66.9 Å². The molecule has 7 nitrogen and oxygen atoms in total. The summed E-state index contributed by atoms with van der Waals surface area (Å²) in [5, 5.41) is 8.94. The van der Waals surface area contributed by atoms with Crippen LogP contribution in [0.15, 0.2) is 78.9 Å². The highest BCUT2D eigenvalue weighted by Crippen LogP contribution is 2.23. The van der Waals surface area contributed by atoms with Crippen molar-refractivity contribution in [3.63, 3.8) is 0 Å². The fraction of sp³-hybridized carbons (Fsp3) is 0.222. The van der Waals surface area contributed by atoms with E-state index in [0.29, 0.717) is 35.8 Å². The van der Waals surface area contributed by atoms with E-state index < -0.39 is 12.1 Å². The molecule has 3 N–H and O–H groups in total. The molecule has 8 heteroatoms. The van der Waals surface area contributed by atoms with Crippen molar-refractivity contribution in [2.45, 2.75) is 31.7 Å². The Hall–Kier alpha value is -3.84. The molecule has 4 amide bonds. The number of carbonyl (C=O) groups excluding carboxylic acids is 3. The van der Waals surface area contributed by atoms with Gasteiger partial charge in [-0.15, -0.1) is 0 Å². The lowest BCUT2D eigenvalue weighted by Gasteiger charge is -2.27. The van der Waals surface area contributed by atoms with Crippen molar-refractivity contribution < 1.29 is 14.4 Å². The van der Waals surface area contributed by atoms with E-state index >= 15 is 0 Å². The van der Waals surface area contributed by atoms with Gasteiger partial charge in [0.15, 0.2) is 0 Å². The second-order valence-corrected chi connectivity index (χ2v) is 8.82. The maximum absolute atomic E-state index is 13.2. The summed E-state index contributed by atoms with van der Waals surface area (Å²) in [6.07, 6.45) is 2.78. The summed E-state index contributed by atoms with van der Waals surface area (Å²) in [4.78, 5) is 39.7. The second kappa shape index (κ2) is 11.5. The monoisotopic (exact) mass is 490 g/mol. The maximum atomic E-state index is 13.2. The summed E-state index contributed by atoms with van der Waals surface area (Å²) in [5.41, 5.74) is 2.88. The van der Waals surface area contributed by atoms with Crippen molar-refractivity contribution in [1.82, 2.24) is 5.32 Å². The topological polar surface area (TPSA) is 90.5 Å². The number of hydrogen-bond donors (Lipinski definition) is 3. The van der Waals surface area contributed by atoms with Gasteiger partial charge in [-0.2, -0.15) is 0 Å². The first-order chi connectivity index (χ1) is 17.0. The third-order valence-corrected chi connectivity index (χ3v) is 6.03. The van der Waals surface area contributed by atoms with Crippen LogP contribution in [0.1, 0.15) is 24.8 Å². The van der Waals surface area contributed by atoms with E-state index in [1.165, 1.54) is 0 Å². The number of hydrogen-bond acceptors (Lipinski definition) is 3. The molecule has 3 aromatic carbocycles. The number of anilines is 3. The van der Waals surface area contributed by atoms with Crippen molar-refractivity contribution in [2.24, 2.45) is 0 Å². The quantitative estimate of drug-likeness (QED) is 0.423. The third-order valence-electron chi connectivity index (χ3n) is 5.78. The summed E-state index contributed by atoms with van der Waals surface area (Å²) < 4.78 is 0. The average Bonchev–Trinajstić information content (AvgIpc) is 2.86. The highest BCUT2D eigenvalue weighted by molar-refractivity contribution is 6.30. The summed E-state index contributed by atoms with van der Waals surface area (Å²) in [6, 6.07) is 22.1. The fourth-order valence-corrected chi connectivity index (χ4v) is 4.08. The average molecular weight is 491 g/mol. The van der Waals surface area contributed by atoms with Gasteiger partial charge < -0.3 is 20.9 Å². The van der Waals surface area contributed by atoms with Crippen LogP contribution in [0.3, 0.4) is 0 Å². The molecule has 0 aromatic heterocycles. The van der Waals surface area contributed by atoms with E-state index in [1.54, 1.807) is 41.3 Å². The molecular weight excluding hydrogens is 464 g/mol. The molecule has 1 heterocycles. The molecule has 3 aromatic rings. The Morgan fingerprint density at radius 2 is 1.51 bits per heavy atom. The zero-order valence-corrected chi connectivity index (χ0v) is 19.9. The Balaban J connectivity index is 1.43. The van der Waals surface area contributed by atoms with Gasteiger partial charge >= 0.3 is 6.03 Å². The zero-order chi connectivity index (χ0) is 24.6. The van der Waals surface area contributed by atoms with Crippen LogP contribution in [0.2, 0.25) is 5.02 Å². The van der Waals surface area contributed by atoms with Gasteiger partial charge in [-0.25, -0.2) is 4.79 Å². The molecule has 1 saturated heterocycles. The van der Waals surface area contributed by atoms with Crippen molar-refractivity contribution in [1.29, 1.82) is 0 Å². The highest BCUT2D eigenvalue weighted by Gasteiger charge is 2.23. The van der Waals surface area contributed by atoms with Crippen molar-refractivity contribution >= 4 is 46.5 Å². The number of carbonyl (C=O) groups is 3. The van der Waals surface area contributed by atoms with Crippen LogP contribution in [0.5, 0.6) is 0 Å². The van der Waals surface area contributed by atoms with Crippen molar-refractivity contribution in [3.8, 4) is 0 Å². The van der Waals surface area contributed by atoms with E-state index in [2.05, 4.69) is 16.0 Å². The normalized spacial score (nSPS) is 14.2. The van der Waals surface area contributed by atoms with E-state index in [1.807, 2.05) is 42.5 Å². The molecule has 0 saturated carbocycles. The largest absolute Gasteiger partial charge is 0.326 e. The van der Waals surface area contributed by atoms with Crippen molar-refractivity contribution in [3.05, 3.63) is 89.4 Å². The van der Waals surface area contributed by atoms with Crippen LogP contribution < -0.4 is 20.9 Å². The molecule has 1 atom stereocenters. The molecule has 180 valence electrons. The minimum absolute atomic E-state index is 0.117. The number of rotatable bonds is 7. The first-order valence-electron chi connectivity index (χ1n) is 11.6. The summed E-state index contributed by atoms with van der Waals surface area (Å²) in [6.45, 7) is 0.705. The number of amides is 4. The molecule has 1 aliphatic heterocycles.